The predicted molar refractivity (Wildman–Crippen MR) is 74.4 cm³/mol. The van der Waals surface area contributed by atoms with Crippen LogP contribution in [0.2, 0.25) is 0 Å². The molecule has 0 unspecified atom stereocenters. The molecule has 0 aliphatic heterocycles. The van der Waals surface area contributed by atoms with Crippen LogP contribution < -0.4 is 5.73 Å². The Bertz CT molecular complexity index is 316. The van der Waals surface area contributed by atoms with Crippen LogP contribution in [-0.2, 0) is 12.8 Å². The SMILES string of the molecule is NCCCc1csc(CCC2CCCCC2)n1. The zero-order chi connectivity index (χ0) is 11.9. The second-order valence-corrected chi connectivity index (χ2v) is 6.11. The van der Waals surface area contributed by atoms with Gasteiger partial charge in [-0.15, -0.1) is 11.3 Å². The summed E-state index contributed by atoms with van der Waals surface area (Å²) in [5.74, 6) is 0.972. The molecule has 1 aliphatic carbocycles. The topological polar surface area (TPSA) is 38.9 Å². The molecular weight excluding hydrogens is 228 g/mol. The number of hydrogen-bond donors (Lipinski definition) is 1. The van der Waals surface area contributed by atoms with Gasteiger partial charge in [-0.05, 0) is 38.1 Å². The lowest BCUT2D eigenvalue weighted by atomic mass is 9.86. The standard InChI is InChI=1S/C14H24N2S/c15-10-4-7-13-11-17-14(16-13)9-8-12-5-2-1-3-6-12/h11-12H,1-10,15H2. The number of thiazole rings is 1. The summed E-state index contributed by atoms with van der Waals surface area (Å²) in [5.41, 5.74) is 6.76. The maximum absolute atomic E-state index is 5.51. The summed E-state index contributed by atoms with van der Waals surface area (Å²) in [5, 5.41) is 3.55. The molecule has 0 bridgehead atoms. The van der Waals surface area contributed by atoms with E-state index >= 15 is 0 Å². The van der Waals surface area contributed by atoms with Gasteiger partial charge in [0.25, 0.3) is 0 Å². The van der Waals surface area contributed by atoms with Crippen molar-refractivity contribution in [2.45, 2.75) is 57.8 Å². The summed E-state index contributed by atoms with van der Waals surface area (Å²) in [6.07, 6.45) is 11.9. The molecule has 1 aromatic heterocycles. The van der Waals surface area contributed by atoms with E-state index in [1.807, 2.05) is 11.3 Å². The van der Waals surface area contributed by atoms with E-state index in [0.717, 1.165) is 25.3 Å². The Hall–Kier alpha value is -0.410. The molecule has 2 rings (SSSR count). The predicted octanol–water partition coefficient (Wildman–Crippen LogP) is 3.55. The van der Waals surface area contributed by atoms with Gasteiger partial charge in [0.15, 0.2) is 0 Å². The molecule has 1 heterocycles. The fourth-order valence-electron chi connectivity index (χ4n) is 2.67. The molecule has 0 spiro atoms. The average Bonchev–Trinajstić information content (AvgIpc) is 2.83. The molecule has 0 saturated heterocycles. The smallest absolute Gasteiger partial charge is 0.0928 e. The molecular formula is C14H24N2S. The minimum atomic E-state index is 0.773. The van der Waals surface area contributed by atoms with Gasteiger partial charge in [-0.1, -0.05) is 32.1 Å². The Morgan fingerprint density at radius 1 is 1.24 bits per heavy atom. The number of aromatic nitrogens is 1. The number of nitrogens with two attached hydrogens (primary N) is 1. The second-order valence-electron chi connectivity index (χ2n) is 5.17. The highest BCUT2D eigenvalue weighted by Gasteiger charge is 2.13. The third-order valence-corrected chi connectivity index (χ3v) is 4.68. The Morgan fingerprint density at radius 2 is 2.06 bits per heavy atom. The first-order valence-electron chi connectivity index (χ1n) is 7.02. The minimum absolute atomic E-state index is 0.773. The summed E-state index contributed by atoms with van der Waals surface area (Å²) in [4.78, 5) is 4.70. The molecule has 0 radical (unpaired) electrons. The van der Waals surface area contributed by atoms with Crippen molar-refractivity contribution < 1.29 is 0 Å². The fraction of sp³-hybridized carbons (Fsp3) is 0.786. The van der Waals surface area contributed by atoms with Crippen LogP contribution >= 0.6 is 11.3 Å². The van der Waals surface area contributed by atoms with Crippen molar-refractivity contribution in [2.24, 2.45) is 11.7 Å². The first-order chi connectivity index (χ1) is 8.38. The highest BCUT2D eigenvalue weighted by molar-refractivity contribution is 7.09. The molecule has 3 heteroatoms. The van der Waals surface area contributed by atoms with E-state index in [-0.39, 0.29) is 0 Å². The van der Waals surface area contributed by atoms with Gasteiger partial charge in [0.1, 0.15) is 0 Å². The highest BCUT2D eigenvalue weighted by Crippen LogP contribution is 2.28. The Labute approximate surface area is 109 Å². The van der Waals surface area contributed by atoms with E-state index in [2.05, 4.69) is 5.38 Å². The zero-order valence-corrected chi connectivity index (χ0v) is 11.5. The third-order valence-electron chi connectivity index (χ3n) is 3.73. The van der Waals surface area contributed by atoms with Crippen LogP contribution in [0.4, 0.5) is 0 Å². The minimum Gasteiger partial charge on any atom is -0.330 e. The van der Waals surface area contributed by atoms with Crippen molar-refractivity contribution in [3.8, 4) is 0 Å². The van der Waals surface area contributed by atoms with E-state index in [1.54, 1.807) is 0 Å². The summed E-state index contributed by atoms with van der Waals surface area (Å²) in [6.45, 7) is 0.773. The van der Waals surface area contributed by atoms with Gasteiger partial charge < -0.3 is 5.73 Å². The molecule has 1 fully saturated rings. The molecule has 0 aromatic carbocycles. The van der Waals surface area contributed by atoms with Crippen LogP contribution in [0, 0.1) is 5.92 Å². The van der Waals surface area contributed by atoms with Crippen molar-refractivity contribution in [3.63, 3.8) is 0 Å². The zero-order valence-electron chi connectivity index (χ0n) is 10.7. The van der Waals surface area contributed by atoms with Gasteiger partial charge >= 0.3 is 0 Å². The van der Waals surface area contributed by atoms with E-state index < -0.39 is 0 Å². The molecule has 1 aliphatic rings. The van der Waals surface area contributed by atoms with Crippen molar-refractivity contribution in [2.75, 3.05) is 6.54 Å². The Balaban J connectivity index is 1.72. The lowest BCUT2D eigenvalue weighted by Gasteiger charge is -2.20. The van der Waals surface area contributed by atoms with Crippen molar-refractivity contribution >= 4 is 11.3 Å². The largest absolute Gasteiger partial charge is 0.330 e. The van der Waals surface area contributed by atoms with E-state index in [4.69, 9.17) is 10.7 Å². The monoisotopic (exact) mass is 252 g/mol. The maximum atomic E-state index is 5.51. The lowest BCUT2D eigenvalue weighted by Crippen LogP contribution is -2.07. The maximum Gasteiger partial charge on any atom is 0.0928 e. The van der Waals surface area contributed by atoms with Gasteiger partial charge in [-0.3, -0.25) is 0 Å². The van der Waals surface area contributed by atoms with Gasteiger partial charge in [0, 0.05) is 5.38 Å². The fourth-order valence-corrected chi connectivity index (χ4v) is 3.51. The Kier molecular flexibility index (Phi) is 5.46. The van der Waals surface area contributed by atoms with Crippen molar-refractivity contribution in [3.05, 3.63) is 16.1 Å². The van der Waals surface area contributed by atoms with Crippen LogP contribution in [0.3, 0.4) is 0 Å². The normalized spacial score (nSPS) is 17.5. The van der Waals surface area contributed by atoms with Gasteiger partial charge in [0.05, 0.1) is 10.7 Å². The van der Waals surface area contributed by atoms with Gasteiger partial charge in [-0.25, -0.2) is 4.98 Å². The van der Waals surface area contributed by atoms with Gasteiger partial charge in [0.2, 0.25) is 0 Å². The summed E-state index contributed by atoms with van der Waals surface area (Å²) >= 11 is 1.84. The van der Waals surface area contributed by atoms with Crippen LogP contribution in [0.1, 0.15) is 55.6 Å². The molecule has 2 nitrogen and oxygen atoms in total. The average molecular weight is 252 g/mol. The highest BCUT2D eigenvalue weighted by atomic mass is 32.1. The van der Waals surface area contributed by atoms with Gasteiger partial charge in [-0.2, -0.15) is 0 Å². The number of hydrogen-bond acceptors (Lipinski definition) is 3. The second kappa shape index (κ2) is 7.12. The van der Waals surface area contributed by atoms with E-state index in [9.17, 15) is 0 Å². The quantitative estimate of drug-likeness (QED) is 0.841. The molecule has 0 amide bonds. The van der Waals surface area contributed by atoms with Crippen LogP contribution in [0.15, 0.2) is 5.38 Å². The summed E-state index contributed by atoms with van der Waals surface area (Å²) in [6, 6.07) is 0. The van der Waals surface area contributed by atoms with Crippen molar-refractivity contribution in [1.82, 2.24) is 4.98 Å². The number of rotatable bonds is 6. The summed E-state index contributed by atoms with van der Waals surface area (Å²) < 4.78 is 0. The molecule has 0 atom stereocenters. The first-order valence-corrected chi connectivity index (χ1v) is 7.90. The van der Waals surface area contributed by atoms with Crippen LogP contribution in [-0.4, -0.2) is 11.5 Å². The van der Waals surface area contributed by atoms with Crippen LogP contribution in [0.5, 0.6) is 0 Å². The summed E-state index contributed by atoms with van der Waals surface area (Å²) in [7, 11) is 0. The lowest BCUT2D eigenvalue weighted by molar-refractivity contribution is 0.339. The molecule has 1 saturated carbocycles. The first kappa shape index (κ1) is 13.0. The van der Waals surface area contributed by atoms with E-state index in [0.29, 0.717) is 0 Å². The number of nitrogens with zero attached hydrogens (tertiary/aromatic N) is 1. The third kappa shape index (κ3) is 4.40. The molecule has 1 aromatic rings. The molecule has 17 heavy (non-hydrogen) atoms. The number of aryl methyl sites for hydroxylation is 2. The van der Waals surface area contributed by atoms with Crippen LogP contribution in [0.25, 0.3) is 0 Å². The van der Waals surface area contributed by atoms with E-state index in [1.165, 1.54) is 55.6 Å². The molecule has 96 valence electrons. The molecule has 2 N–H and O–H groups in total. The van der Waals surface area contributed by atoms with Crippen molar-refractivity contribution in [1.29, 1.82) is 0 Å². The Morgan fingerprint density at radius 3 is 2.82 bits per heavy atom.